The lowest BCUT2D eigenvalue weighted by Crippen LogP contribution is -2.21. The smallest absolute Gasteiger partial charge is 0.230 e. The molecule has 4 N–H and O–H groups in total. The monoisotopic (exact) mass is 270 g/mol. The molecule has 18 heavy (non-hydrogen) atoms. The lowest BCUT2D eigenvalue weighted by atomic mass is 10.2. The SMILES string of the molecule is NCc1cccc(OCCCS(=O)CC(N)=O)c1. The quantitative estimate of drug-likeness (QED) is 0.657. The number of ether oxygens (including phenoxy) is 1. The van der Waals surface area contributed by atoms with Gasteiger partial charge >= 0.3 is 0 Å². The van der Waals surface area contributed by atoms with Gasteiger partial charge in [0.1, 0.15) is 11.5 Å². The first-order valence-corrected chi connectivity index (χ1v) is 7.15. The maximum atomic E-state index is 11.3. The van der Waals surface area contributed by atoms with Crippen molar-refractivity contribution in [2.45, 2.75) is 13.0 Å². The predicted molar refractivity (Wildman–Crippen MR) is 71.5 cm³/mol. The fourth-order valence-corrected chi connectivity index (χ4v) is 2.30. The Morgan fingerprint density at radius 1 is 1.39 bits per heavy atom. The molecule has 0 spiro atoms. The van der Waals surface area contributed by atoms with Crippen LogP contribution in [0.2, 0.25) is 0 Å². The van der Waals surface area contributed by atoms with E-state index in [0.29, 0.717) is 25.3 Å². The maximum absolute atomic E-state index is 11.3. The minimum absolute atomic E-state index is 0.0807. The van der Waals surface area contributed by atoms with E-state index in [4.69, 9.17) is 16.2 Å². The Bertz CT molecular complexity index is 424. The highest BCUT2D eigenvalue weighted by atomic mass is 32.2. The number of nitrogens with two attached hydrogens (primary N) is 2. The molecule has 1 atom stereocenters. The summed E-state index contributed by atoms with van der Waals surface area (Å²) in [4.78, 5) is 10.5. The highest BCUT2D eigenvalue weighted by Crippen LogP contribution is 2.12. The van der Waals surface area contributed by atoms with Crippen molar-refractivity contribution in [3.05, 3.63) is 29.8 Å². The number of benzene rings is 1. The molecular weight excluding hydrogens is 252 g/mol. The molecule has 0 aliphatic heterocycles. The Labute approximate surface area is 109 Å². The molecule has 1 aromatic carbocycles. The molecule has 0 bridgehead atoms. The van der Waals surface area contributed by atoms with Crippen LogP contribution in [0.25, 0.3) is 0 Å². The molecule has 0 radical (unpaired) electrons. The summed E-state index contributed by atoms with van der Waals surface area (Å²) in [7, 11) is -1.19. The van der Waals surface area contributed by atoms with Crippen LogP contribution in [0.1, 0.15) is 12.0 Å². The van der Waals surface area contributed by atoms with Crippen molar-refractivity contribution in [3.8, 4) is 5.75 Å². The Kier molecular flexibility index (Phi) is 6.38. The van der Waals surface area contributed by atoms with Crippen LogP contribution in [-0.2, 0) is 22.1 Å². The minimum Gasteiger partial charge on any atom is -0.494 e. The van der Waals surface area contributed by atoms with E-state index in [0.717, 1.165) is 11.3 Å². The van der Waals surface area contributed by atoms with Gasteiger partial charge < -0.3 is 16.2 Å². The molecule has 0 saturated carbocycles. The van der Waals surface area contributed by atoms with Gasteiger partial charge in [-0.1, -0.05) is 12.1 Å². The molecule has 5 nitrogen and oxygen atoms in total. The molecule has 1 aromatic rings. The van der Waals surface area contributed by atoms with Crippen LogP contribution in [0.4, 0.5) is 0 Å². The summed E-state index contributed by atoms with van der Waals surface area (Å²) in [5.41, 5.74) is 11.5. The summed E-state index contributed by atoms with van der Waals surface area (Å²) in [5.74, 6) is 0.547. The van der Waals surface area contributed by atoms with Crippen LogP contribution >= 0.6 is 0 Å². The Morgan fingerprint density at radius 2 is 2.17 bits per heavy atom. The molecule has 0 aromatic heterocycles. The van der Waals surface area contributed by atoms with Gasteiger partial charge in [-0.3, -0.25) is 9.00 Å². The fourth-order valence-electron chi connectivity index (χ4n) is 1.40. The molecule has 1 unspecified atom stereocenters. The van der Waals surface area contributed by atoms with Crippen LogP contribution < -0.4 is 16.2 Å². The van der Waals surface area contributed by atoms with Gasteiger partial charge in [0.25, 0.3) is 0 Å². The lowest BCUT2D eigenvalue weighted by molar-refractivity contribution is -0.115. The fraction of sp³-hybridized carbons (Fsp3) is 0.417. The summed E-state index contributed by atoms with van der Waals surface area (Å²) >= 11 is 0. The molecule has 0 heterocycles. The van der Waals surface area contributed by atoms with E-state index < -0.39 is 16.7 Å². The van der Waals surface area contributed by atoms with E-state index in [1.54, 1.807) is 0 Å². The second-order valence-corrected chi connectivity index (χ2v) is 5.38. The molecule has 0 aliphatic carbocycles. The molecule has 6 heteroatoms. The number of amides is 1. The van der Waals surface area contributed by atoms with Gasteiger partial charge in [-0.25, -0.2) is 0 Å². The summed E-state index contributed by atoms with van der Waals surface area (Å²) in [6.07, 6.45) is 0.618. The highest BCUT2D eigenvalue weighted by molar-refractivity contribution is 7.85. The van der Waals surface area contributed by atoms with Crippen LogP contribution in [0, 0.1) is 0 Å². The average molecular weight is 270 g/mol. The minimum atomic E-state index is -1.19. The molecule has 0 saturated heterocycles. The van der Waals surface area contributed by atoms with Gasteiger partial charge in [0.2, 0.25) is 5.91 Å². The number of carbonyl (C=O) groups is 1. The summed E-state index contributed by atoms with van der Waals surface area (Å²) in [6, 6.07) is 7.53. The highest BCUT2D eigenvalue weighted by Gasteiger charge is 2.04. The van der Waals surface area contributed by atoms with Gasteiger partial charge in [-0.05, 0) is 24.1 Å². The topological polar surface area (TPSA) is 95.4 Å². The van der Waals surface area contributed by atoms with Crippen molar-refractivity contribution in [1.82, 2.24) is 0 Å². The second kappa shape index (κ2) is 7.84. The number of hydrogen-bond acceptors (Lipinski definition) is 4. The van der Waals surface area contributed by atoms with Crippen molar-refractivity contribution in [2.24, 2.45) is 11.5 Å². The van der Waals surface area contributed by atoms with Gasteiger partial charge in [0.05, 0.1) is 6.61 Å². The zero-order chi connectivity index (χ0) is 13.4. The van der Waals surface area contributed by atoms with Gasteiger partial charge in [0, 0.05) is 23.1 Å². The molecule has 100 valence electrons. The third-order valence-electron chi connectivity index (χ3n) is 2.22. The molecule has 1 amide bonds. The summed E-state index contributed by atoms with van der Waals surface area (Å²) < 4.78 is 16.8. The van der Waals surface area contributed by atoms with Crippen molar-refractivity contribution < 1.29 is 13.7 Å². The van der Waals surface area contributed by atoms with Gasteiger partial charge in [-0.15, -0.1) is 0 Å². The van der Waals surface area contributed by atoms with E-state index in [2.05, 4.69) is 0 Å². The number of rotatable bonds is 8. The van der Waals surface area contributed by atoms with Crippen LogP contribution in [-0.4, -0.2) is 28.2 Å². The normalized spacial score (nSPS) is 12.1. The van der Waals surface area contributed by atoms with Crippen LogP contribution in [0.3, 0.4) is 0 Å². The average Bonchev–Trinajstić information content (AvgIpc) is 2.34. The standard InChI is InChI=1S/C12H18N2O3S/c13-8-10-3-1-4-11(7-10)17-5-2-6-18(16)9-12(14)15/h1,3-4,7H,2,5-6,8-9,13H2,(H2,14,15). The van der Waals surface area contributed by atoms with E-state index in [1.807, 2.05) is 24.3 Å². The number of hydrogen-bond donors (Lipinski definition) is 2. The van der Waals surface area contributed by atoms with E-state index in [-0.39, 0.29) is 5.75 Å². The van der Waals surface area contributed by atoms with Crippen molar-refractivity contribution >= 4 is 16.7 Å². The van der Waals surface area contributed by atoms with Crippen molar-refractivity contribution in [3.63, 3.8) is 0 Å². The predicted octanol–water partition coefficient (Wildman–Crippen LogP) is 0.148. The Hall–Kier alpha value is -1.40. The summed E-state index contributed by atoms with van der Waals surface area (Å²) in [6.45, 7) is 0.929. The number of carbonyl (C=O) groups excluding carboxylic acids is 1. The molecular formula is C12H18N2O3S. The molecule has 0 fully saturated rings. The van der Waals surface area contributed by atoms with E-state index >= 15 is 0 Å². The molecule has 0 aliphatic rings. The van der Waals surface area contributed by atoms with E-state index in [1.165, 1.54) is 0 Å². The molecule has 1 rings (SSSR count). The number of primary amides is 1. The van der Waals surface area contributed by atoms with Crippen molar-refractivity contribution in [1.29, 1.82) is 0 Å². The lowest BCUT2D eigenvalue weighted by Gasteiger charge is -2.07. The zero-order valence-corrected chi connectivity index (χ0v) is 10.9. The van der Waals surface area contributed by atoms with Crippen LogP contribution in [0.5, 0.6) is 5.75 Å². The van der Waals surface area contributed by atoms with Crippen molar-refractivity contribution in [2.75, 3.05) is 18.1 Å². The van der Waals surface area contributed by atoms with Crippen LogP contribution in [0.15, 0.2) is 24.3 Å². The first-order chi connectivity index (χ1) is 8.61. The third kappa shape index (κ3) is 5.79. The Morgan fingerprint density at radius 3 is 2.83 bits per heavy atom. The van der Waals surface area contributed by atoms with Gasteiger partial charge in [-0.2, -0.15) is 0 Å². The largest absolute Gasteiger partial charge is 0.494 e. The maximum Gasteiger partial charge on any atom is 0.230 e. The van der Waals surface area contributed by atoms with Gasteiger partial charge in [0.15, 0.2) is 0 Å². The summed E-state index contributed by atoms with van der Waals surface area (Å²) in [5, 5.41) is 0. The van der Waals surface area contributed by atoms with E-state index in [9.17, 15) is 9.00 Å². The third-order valence-corrected chi connectivity index (χ3v) is 3.57. The first kappa shape index (κ1) is 14.7. The first-order valence-electron chi connectivity index (χ1n) is 5.67. The zero-order valence-electron chi connectivity index (χ0n) is 10.1. The second-order valence-electron chi connectivity index (χ2n) is 3.81. The Balaban J connectivity index is 2.25.